The van der Waals surface area contributed by atoms with Crippen LogP contribution < -0.4 is 19.7 Å². The molecule has 0 spiro atoms. The van der Waals surface area contributed by atoms with Crippen LogP contribution in [0.15, 0.2) is 42.6 Å². The van der Waals surface area contributed by atoms with Crippen molar-refractivity contribution in [2.75, 3.05) is 51.8 Å². The molecule has 1 N–H and O–H groups in total. The molecule has 0 saturated carbocycles. The molecule has 2 amide bonds. The van der Waals surface area contributed by atoms with Crippen molar-refractivity contribution in [3.8, 4) is 11.5 Å². The first kappa shape index (κ1) is 20.4. The number of aromatic nitrogens is 1. The maximum Gasteiger partial charge on any atom is 0.312 e. The molecule has 154 valence electrons. The second-order valence-electron chi connectivity index (χ2n) is 6.66. The Morgan fingerprint density at radius 3 is 2.45 bits per heavy atom. The fourth-order valence-electron chi connectivity index (χ4n) is 3.26. The zero-order valence-corrected chi connectivity index (χ0v) is 16.8. The lowest BCUT2D eigenvalue weighted by molar-refractivity contribution is -0.146. The third-order valence-electron chi connectivity index (χ3n) is 4.88. The predicted octanol–water partition coefficient (Wildman–Crippen LogP) is 1.11. The molecule has 29 heavy (non-hydrogen) atoms. The average Bonchev–Trinajstić information content (AvgIpc) is 2.79. The third kappa shape index (κ3) is 5.16. The summed E-state index contributed by atoms with van der Waals surface area (Å²) in [5.41, 5.74) is 0.986. The summed E-state index contributed by atoms with van der Waals surface area (Å²) in [7, 11) is 3.16. The Labute approximate surface area is 170 Å². The lowest BCUT2D eigenvalue weighted by Crippen LogP contribution is -2.53. The minimum absolute atomic E-state index is 0.369. The minimum atomic E-state index is -0.572. The number of methoxy groups -OCH3 is 2. The standard InChI is InChI=1S/C21H26N4O4/c1-28-17-7-6-16(15-18(17)29-2)8-10-23-20(26)21(27)25-13-11-24(12-14-25)19-5-3-4-9-22-19/h3-7,9,15H,8,10-14H2,1-2H3,(H,23,26). The van der Waals surface area contributed by atoms with E-state index in [1.165, 1.54) is 0 Å². The van der Waals surface area contributed by atoms with Gasteiger partial charge in [-0.3, -0.25) is 9.59 Å². The summed E-state index contributed by atoms with van der Waals surface area (Å²) in [4.78, 5) is 32.7. The van der Waals surface area contributed by atoms with Gasteiger partial charge in [0, 0.05) is 38.9 Å². The van der Waals surface area contributed by atoms with Crippen molar-refractivity contribution in [1.82, 2.24) is 15.2 Å². The first-order valence-corrected chi connectivity index (χ1v) is 9.56. The van der Waals surface area contributed by atoms with Gasteiger partial charge in [0.15, 0.2) is 11.5 Å². The molecule has 3 rings (SSSR count). The third-order valence-corrected chi connectivity index (χ3v) is 4.88. The van der Waals surface area contributed by atoms with E-state index in [1.54, 1.807) is 25.3 Å². The number of nitrogens with one attached hydrogen (secondary N) is 1. The molecule has 1 aliphatic heterocycles. The molecule has 0 atom stereocenters. The Kier molecular flexibility index (Phi) is 6.89. The zero-order valence-electron chi connectivity index (χ0n) is 16.8. The average molecular weight is 398 g/mol. The number of rotatable bonds is 6. The van der Waals surface area contributed by atoms with Gasteiger partial charge >= 0.3 is 11.8 Å². The zero-order chi connectivity index (χ0) is 20.6. The van der Waals surface area contributed by atoms with Gasteiger partial charge in [0.05, 0.1) is 14.2 Å². The highest BCUT2D eigenvalue weighted by Gasteiger charge is 2.26. The number of carbonyl (C=O) groups excluding carboxylic acids is 2. The van der Waals surface area contributed by atoms with Crippen LogP contribution in [0.1, 0.15) is 5.56 Å². The van der Waals surface area contributed by atoms with E-state index in [2.05, 4.69) is 15.2 Å². The molecule has 1 aromatic heterocycles. The van der Waals surface area contributed by atoms with Crippen LogP contribution in [0.5, 0.6) is 11.5 Å². The van der Waals surface area contributed by atoms with Crippen LogP contribution in [0.3, 0.4) is 0 Å². The van der Waals surface area contributed by atoms with Gasteiger partial charge in [0.2, 0.25) is 0 Å². The predicted molar refractivity (Wildman–Crippen MR) is 109 cm³/mol. The van der Waals surface area contributed by atoms with Gasteiger partial charge in [-0.15, -0.1) is 0 Å². The number of piperazine rings is 1. The number of hydrogen-bond acceptors (Lipinski definition) is 6. The van der Waals surface area contributed by atoms with Crippen molar-refractivity contribution in [3.05, 3.63) is 48.2 Å². The van der Waals surface area contributed by atoms with Crippen LogP contribution in [0.2, 0.25) is 0 Å². The van der Waals surface area contributed by atoms with Crippen LogP contribution in [0.25, 0.3) is 0 Å². The lowest BCUT2D eigenvalue weighted by atomic mass is 10.1. The molecule has 1 saturated heterocycles. The van der Waals surface area contributed by atoms with Gasteiger partial charge in [-0.25, -0.2) is 4.98 Å². The summed E-state index contributed by atoms with van der Waals surface area (Å²) in [6.45, 7) is 2.67. The van der Waals surface area contributed by atoms with Crippen LogP contribution in [0, 0.1) is 0 Å². The van der Waals surface area contributed by atoms with E-state index < -0.39 is 11.8 Å². The van der Waals surface area contributed by atoms with E-state index in [0.29, 0.717) is 50.6 Å². The normalized spacial score (nSPS) is 13.7. The fraction of sp³-hybridized carbons (Fsp3) is 0.381. The van der Waals surface area contributed by atoms with Gasteiger partial charge in [0.25, 0.3) is 0 Å². The molecule has 8 heteroatoms. The van der Waals surface area contributed by atoms with Crippen molar-refractivity contribution in [1.29, 1.82) is 0 Å². The van der Waals surface area contributed by atoms with Crippen LogP contribution in [0.4, 0.5) is 5.82 Å². The van der Waals surface area contributed by atoms with Gasteiger partial charge in [-0.1, -0.05) is 12.1 Å². The molecular weight excluding hydrogens is 372 g/mol. The molecule has 1 fully saturated rings. The summed E-state index contributed by atoms with van der Waals surface area (Å²) in [5.74, 6) is 1.12. The Hall–Kier alpha value is -3.29. The number of amides is 2. The lowest BCUT2D eigenvalue weighted by Gasteiger charge is -2.35. The summed E-state index contributed by atoms with van der Waals surface area (Å²) >= 11 is 0. The Balaban J connectivity index is 1.45. The molecule has 2 aromatic rings. The quantitative estimate of drug-likeness (QED) is 0.734. The minimum Gasteiger partial charge on any atom is -0.493 e. The number of ether oxygens (including phenoxy) is 2. The number of hydrogen-bond donors (Lipinski definition) is 1. The molecule has 0 unspecified atom stereocenters. The van der Waals surface area contributed by atoms with Crippen molar-refractivity contribution in [2.24, 2.45) is 0 Å². The number of benzene rings is 1. The molecule has 0 radical (unpaired) electrons. The second kappa shape index (κ2) is 9.77. The Morgan fingerprint density at radius 1 is 1.03 bits per heavy atom. The number of nitrogens with zero attached hydrogens (tertiary/aromatic N) is 3. The van der Waals surface area contributed by atoms with E-state index in [-0.39, 0.29) is 0 Å². The van der Waals surface area contributed by atoms with Crippen molar-refractivity contribution in [3.63, 3.8) is 0 Å². The highest BCUT2D eigenvalue weighted by Crippen LogP contribution is 2.27. The largest absolute Gasteiger partial charge is 0.493 e. The van der Waals surface area contributed by atoms with E-state index in [4.69, 9.17) is 9.47 Å². The Bertz CT molecular complexity index is 836. The fourth-order valence-corrected chi connectivity index (χ4v) is 3.26. The van der Waals surface area contributed by atoms with Gasteiger partial charge < -0.3 is 24.6 Å². The van der Waals surface area contributed by atoms with Gasteiger partial charge in [-0.05, 0) is 36.2 Å². The van der Waals surface area contributed by atoms with Crippen molar-refractivity contribution in [2.45, 2.75) is 6.42 Å². The highest BCUT2D eigenvalue weighted by atomic mass is 16.5. The maximum atomic E-state index is 12.4. The molecule has 8 nitrogen and oxygen atoms in total. The van der Waals surface area contributed by atoms with Crippen molar-refractivity contribution >= 4 is 17.6 Å². The maximum absolute atomic E-state index is 12.4. The van der Waals surface area contributed by atoms with Crippen LogP contribution >= 0.6 is 0 Å². The SMILES string of the molecule is COc1ccc(CCNC(=O)C(=O)N2CCN(c3ccccn3)CC2)cc1OC. The van der Waals surface area contributed by atoms with Crippen molar-refractivity contribution < 1.29 is 19.1 Å². The molecule has 0 bridgehead atoms. The van der Waals surface area contributed by atoms with Gasteiger partial charge in [0.1, 0.15) is 5.82 Å². The molecule has 1 aromatic carbocycles. The second-order valence-corrected chi connectivity index (χ2v) is 6.66. The topological polar surface area (TPSA) is 84.0 Å². The smallest absolute Gasteiger partial charge is 0.312 e. The van der Waals surface area contributed by atoms with Crippen LogP contribution in [-0.4, -0.2) is 68.6 Å². The summed E-state index contributed by atoms with van der Waals surface area (Å²) in [5, 5.41) is 2.71. The first-order chi connectivity index (χ1) is 14.1. The first-order valence-electron chi connectivity index (χ1n) is 9.56. The molecular formula is C21H26N4O4. The number of pyridine rings is 1. The van der Waals surface area contributed by atoms with E-state index in [1.807, 2.05) is 36.4 Å². The Morgan fingerprint density at radius 2 is 1.79 bits per heavy atom. The summed E-state index contributed by atoms with van der Waals surface area (Å²) in [6.07, 6.45) is 2.34. The molecule has 0 aliphatic carbocycles. The molecule has 1 aliphatic rings. The van der Waals surface area contributed by atoms with E-state index in [0.717, 1.165) is 11.4 Å². The number of anilines is 1. The van der Waals surface area contributed by atoms with E-state index in [9.17, 15) is 9.59 Å². The van der Waals surface area contributed by atoms with Crippen LogP contribution in [-0.2, 0) is 16.0 Å². The molecule has 2 heterocycles. The number of carbonyl (C=O) groups is 2. The monoisotopic (exact) mass is 398 g/mol. The summed E-state index contributed by atoms with van der Waals surface area (Å²) in [6, 6.07) is 11.3. The highest BCUT2D eigenvalue weighted by molar-refractivity contribution is 6.35. The summed E-state index contributed by atoms with van der Waals surface area (Å²) < 4.78 is 10.5. The van der Waals surface area contributed by atoms with E-state index >= 15 is 0 Å². The van der Waals surface area contributed by atoms with Gasteiger partial charge in [-0.2, -0.15) is 0 Å².